The zero-order valence-electron chi connectivity index (χ0n) is 25.2. The minimum absolute atomic E-state index is 0.00431. The van der Waals surface area contributed by atoms with Crippen LogP contribution in [0, 0.1) is 17.5 Å². The molecule has 3 fully saturated rings. The molecule has 3 heterocycles. The monoisotopic (exact) mass is 700 g/mol. The van der Waals surface area contributed by atoms with Gasteiger partial charge in [0, 0.05) is 50.9 Å². The summed E-state index contributed by atoms with van der Waals surface area (Å²) < 4.78 is 111. The zero-order valence-corrected chi connectivity index (χ0v) is 26.0. The Morgan fingerprint density at radius 1 is 1.06 bits per heavy atom. The first-order chi connectivity index (χ1) is 22.1. The molecule has 47 heavy (non-hydrogen) atoms. The van der Waals surface area contributed by atoms with Gasteiger partial charge in [-0.15, -0.1) is 16.9 Å². The van der Waals surface area contributed by atoms with Crippen molar-refractivity contribution in [2.45, 2.75) is 97.9 Å². The van der Waals surface area contributed by atoms with Crippen LogP contribution in [0.25, 0.3) is 11.3 Å². The quantitative estimate of drug-likeness (QED) is 0.265. The Labute approximate surface area is 269 Å². The summed E-state index contributed by atoms with van der Waals surface area (Å²) in [5, 5.41) is 39.4. The number of aliphatic hydroxyl groups excluding tert-OH is 2. The molecule has 3 N–H and O–H groups in total. The third kappa shape index (κ3) is 7.56. The first-order valence-electron chi connectivity index (χ1n) is 15.1. The number of carbonyl (C=O) groups excluding carboxylic acids is 1. The lowest BCUT2D eigenvalue weighted by atomic mass is 9.80. The van der Waals surface area contributed by atoms with E-state index in [1.165, 1.54) is 6.20 Å². The van der Waals surface area contributed by atoms with Gasteiger partial charge in [0.25, 0.3) is 5.92 Å². The highest BCUT2D eigenvalue weighted by Crippen LogP contribution is 2.47. The molecule has 0 bridgehead atoms. The summed E-state index contributed by atoms with van der Waals surface area (Å²) in [6.45, 7) is 0.197. The molecule has 1 aromatic heterocycles. The number of amides is 1. The number of aliphatic hydroxyl groups is 3. The van der Waals surface area contributed by atoms with Gasteiger partial charge in [-0.2, -0.15) is 0 Å². The Balaban J connectivity index is 1.49. The van der Waals surface area contributed by atoms with E-state index >= 15 is 0 Å². The molecule has 1 aliphatic carbocycles. The molecule has 1 amide bonds. The Hall–Kier alpha value is -2.51. The van der Waals surface area contributed by atoms with Crippen LogP contribution < -0.4 is 0 Å². The largest absolute Gasteiger partial charge is 0.394 e. The van der Waals surface area contributed by atoms with Gasteiger partial charge in [0.2, 0.25) is 11.8 Å². The normalized spacial score (nSPS) is 29.4. The van der Waals surface area contributed by atoms with Crippen molar-refractivity contribution in [3.63, 3.8) is 0 Å². The van der Waals surface area contributed by atoms with Gasteiger partial charge in [0.05, 0.1) is 18.4 Å². The Morgan fingerprint density at radius 3 is 2.23 bits per heavy atom. The SMILES string of the molecule is CCO[C@@H]1[C@@H](n2cc(-c3cc(F)c(F)c(F)c3)nn2)[C@@H](O)[C@@H](CO)O[C@H]1SC(C(=O)N1CCC(F)(F)CC1)C1(O)CCC(F)(F)CC1. The number of hydrogen-bond donors (Lipinski definition) is 3. The average molecular weight is 701 g/mol. The summed E-state index contributed by atoms with van der Waals surface area (Å²) in [6, 6.07) is 0.164. The van der Waals surface area contributed by atoms with Crippen LogP contribution in [0.15, 0.2) is 18.3 Å². The molecule has 18 heteroatoms. The number of rotatable bonds is 9. The second-order valence-corrected chi connectivity index (χ2v) is 13.3. The molecule has 3 aliphatic rings. The van der Waals surface area contributed by atoms with Crippen molar-refractivity contribution < 1.29 is 60.3 Å². The third-order valence-corrected chi connectivity index (χ3v) is 10.5. The number of benzene rings is 1. The van der Waals surface area contributed by atoms with Gasteiger partial charge in [-0.3, -0.25) is 4.79 Å². The minimum Gasteiger partial charge on any atom is -0.394 e. The average Bonchev–Trinajstić information content (AvgIpc) is 3.50. The minimum atomic E-state index is -3.08. The molecule has 2 aromatic rings. The highest BCUT2D eigenvalue weighted by molar-refractivity contribution is 8.01. The van der Waals surface area contributed by atoms with E-state index in [4.69, 9.17) is 9.47 Å². The van der Waals surface area contributed by atoms with Crippen molar-refractivity contribution in [2.24, 2.45) is 0 Å². The molecule has 10 nitrogen and oxygen atoms in total. The van der Waals surface area contributed by atoms with Crippen molar-refractivity contribution in [1.29, 1.82) is 0 Å². The second kappa shape index (κ2) is 13.8. The van der Waals surface area contributed by atoms with Crippen molar-refractivity contribution in [3.8, 4) is 11.3 Å². The topological polar surface area (TPSA) is 130 Å². The van der Waals surface area contributed by atoms with Crippen LogP contribution in [-0.2, 0) is 14.3 Å². The molecule has 1 saturated carbocycles. The number of alkyl halides is 4. The summed E-state index contributed by atoms with van der Waals surface area (Å²) in [5.41, 5.74) is -3.57. The molecule has 1 unspecified atom stereocenters. The molecule has 262 valence electrons. The number of halogens is 7. The fourth-order valence-corrected chi connectivity index (χ4v) is 7.80. The van der Waals surface area contributed by atoms with Crippen LogP contribution in [-0.4, -0.2) is 114 Å². The lowest BCUT2D eigenvalue weighted by molar-refractivity contribution is -0.192. The summed E-state index contributed by atoms with van der Waals surface area (Å²) in [7, 11) is 0. The van der Waals surface area contributed by atoms with Crippen molar-refractivity contribution in [1.82, 2.24) is 19.9 Å². The smallest absolute Gasteiger partial charge is 0.251 e. The fraction of sp³-hybridized carbons (Fsp3) is 0.690. The van der Waals surface area contributed by atoms with E-state index in [0.717, 1.165) is 9.58 Å². The maximum absolute atomic E-state index is 14.2. The van der Waals surface area contributed by atoms with Crippen LogP contribution in [0.5, 0.6) is 0 Å². The van der Waals surface area contributed by atoms with Gasteiger partial charge in [-0.1, -0.05) is 5.21 Å². The fourth-order valence-electron chi connectivity index (χ4n) is 6.18. The van der Waals surface area contributed by atoms with Crippen molar-refractivity contribution >= 4 is 17.7 Å². The van der Waals surface area contributed by atoms with Crippen LogP contribution in [0.2, 0.25) is 0 Å². The van der Waals surface area contributed by atoms with Crippen LogP contribution in [0.3, 0.4) is 0 Å². The molecule has 2 saturated heterocycles. The van der Waals surface area contributed by atoms with Gasteiger partial charge < -0.3 is 29.7 Å². The maximum Gasteiger partial charge on any atom is 0.251 e. The first-order valence-corrected chi connectivity index (χ1v) is 16.1. The molecule has 0 spiro atoms. The van der Waals surface area contributed by atoms with E-state index < -0.39 is 121 Å². The summed E-state index contributed by atoms with van der Waals surface area (Å²) in [6.07, 6.45) is -6.54. The van der Waals surface area contributed by atoms with E-state index in [2.05, 4.69) is 10.3 Å². The molecule has 1 aromatic carbocycles. The van der Waals surface area contributed by atoms with Gasteiger partial charge in [0.15, 0.2) is 17.5 Å². The van der Waals surface area contributed by atoms with Crippen molar-refractivity contribution in [3.05, 3.63) is 35.8 Å². The Morgan fingerprint density at radius 2 is 1.66 bits per heavy atom. The second-order valence-electron chi connectivity index (χ2n) is 12.1. The number of piperidine rings is 1. The van der Waals surface area contributed by atoms with E-state index in [-0.39, 0.29) is 31.0 Å². The van der Waals surface area contributed by atoms with Crippen LogP contribution in [0.1, 0.15) is 51.5 Å². The van der Waals surface area contributed by atoms with Crippen LogP contribution in [0.4, 0.5) is 30.7 Å². The number of hydrogen-bond acceptors (Lipinski definition) is 9. The maximum atomic E-state index is 14.2. The van der Waals surface area contributed by atoms with Crippen molar-refractivity contribution in [2.75, 3.05) is 26.3 Å². The third-order valence-electron chi connectivity index (χ3n) is 8.92. The van der Waals surface area contributed by atoms with Gasteiger partial charge in [-0.25, -0.2) is 35.4 Å². The number of carbonyl (C=O) groups is 1. The van der Waals surface area contributed by atoms with E-state index in [9.17, 15) is 50.8 Å². The van der Waals surface area contributed by atoms with E-state index in [1.54, 1.807) is 6.92 Å². The lowest BCUT2D eigenvalue weighted by Gasteiger charge is -2.47. The number of nitrogens with zero attached hydrogens (tertiary/aromatic N) is 4. The standard InChI is InChI=1S/C29H35F7N4O6S/c1-2-45-23-21(40-13-18(37-38-40)15-11-16(30)20(32)17(31)12-15)22(42)19(14-41)46-26(23)47-24(27(44)3-5-28(33,34)6-4-27)25(43)39-9-7-29(35,36)8-10-39/h11-13,19,21-24,26,41-42,44H,2-10,14H2,1H3/t19-,21+,22+,23-,24?,26+/m1/s1. The highest BCUT2D eigenvalue weighted by atomic mass is 32.2. The highest BCUT2D eigenvalue weighted by Gasteiger charge is 2.55. The predicted octanol–water partition coefficient (Wildman–Crippen LogP) is 3.69. The van der Waals surface area contributed by atoms with Crippen LogP contribution >= 0.6 is 11.8 Å². The zero-order chi connectivity index (χ0) is 34.3. The first kappa shape index (κ1) is 35.8. The van der Waals surface area contributed by atoms with E-state index in [1.807, 2.05) is 0 Å². The molecule has 0 radical (unpaired) electrons. The number of thioether (sulfide) groups is 1. The molecular weight excluding hydrogens is 665 g/mol. The predicted molar refractivity (Wildman–Crippen MR) is 152 cm³/mol. The molecule has 5 rings (SSSR count). The van der Waals surface area contributed by atoms with E-state index in [0.29, 0.717) is 23.9 Å². The summed E-state index contributed by atoms with van der Waals surface area (Å²) >= 11 is 0.704. The van der Waals surface area contributed by atoms with Gasteiger partial charge in [0.1, 0.15) is 40.7 Å². The Kier molecular flexibility index (Phi) is 10.5. The van der Waals surface area contributed by atoms with Gasteiger partial charge >= 0.3 is 0 Å². The lowest BCUT2D eigenvalue weighted by Crippen LogP contribution is -2.59. The number of ether oxygens (including phenoxy) is 2. The number of likely N-dealkylation sites (tertiary alicyclic amines) is 1. The summed E-state index contributed by atoms with van der Waals surface area (Å²) in [5.74, 6) is -11.5. The van der Waals surface area contributed by atoms with Gasteiger partial charge in [-0.05, 0) is 31.9 Å². The molecular formula is C29H35F7N4O6S. The summed E-state index contributed by atoms with van der Waals surface area (Å²) in [4.78, 5) is 15.1. The Bertz CT molecular complexity index is 1390. The number of aromatic nitrogens is 3. The molecule has 2 aliphatic heterocycles. The molecule has 6 atom stereocenters.